The van der Waals surface area contributed by atoms with Crippen molar-refractivity contribution in [1.82, 2.24) is 0 Å². The highest BCUT2D eigenvalue weighted by Crippen LogP contribution is 2.48. The maximum Gasteiger partial charge on any atom is 0.197 e. The van der Waals surface area contributed by atoms with Crippen LogP contribution in [-0.2, 0) is 34.2 Å². The summed E-state index contributed by atoms with van der Waals surface area (Å²) in [6, 6.07) is 7.82. The normalized spacial score (nSPS) is 37.1. The van der Waals surface area contributed by atoms with Gasteiger partial charge < -0.3 is 33.2 Å². The van der Waals surface area contributed by atoms with Crippen LogP contribution in [0.25, 0.3) is 0 Å². The first-order chi connectivity index (χ1) is 14.2. The second-order valence-corrected chi connectivity index (χ2v) is 9.12. The predicted molar refractivity (Wildman–Crippen MR) is 109 cm³/mol. The van der Waals surface area contributed by atoms with Crippen molar-refractivity contribution < 1.29 is 33.2 Å². The molecule has 3 fully saturated rings. The molecule has 7 nitrogen and oxygen atoms in total. The van der Waals surface area contributed by atoms with Crippen LogP contribution in [0.15, 0.2) is 24.3 Å². The van der Waals surface area contributed by atoms with Crippen molar-refractivity contribution in [3.05, 3.63) is 29.8 Å². The highest BCUT2D eigenvalue weighted by atomic mass is 16.8. The fourth-order valence-corrected chi connectivity index (χ4v) is 4.54. The summed E-state index contributed by atoms with van der Waals surface area (Å²) in [6.07, 6.45) is 0.267. The van der Waals surface area contributed by atoms with Crippen LogP contribution >= 0.6 is 0 Å². The summed E-state index contributed by atoms with van der Waals surface area (Å²) < 4.78 is 43.0. The van der Waals surface area contributed by atoms with Gasteiger partial charge in [0.05, 0.1) is 26.4 Å². The number of hydrogen-bond donors (Lipinski definition) is 0. The Morgan fingerprint density at radius 2 is 1.57 bits per heavy atom. The van der Waals surface area contributed by atoms with E-state index >= 15 is 0 Å². The molecule has 0 bridgehead atoms. The van der Waals surface area contributed by atoms with Crippen molar-refractivity contribution in [3.8, 4) is 5.75 Å². The van der Waals surface area contributed by atoms with Gasteiger partial charge in [-0.05, 0) is 58.4 Å². The molecule has 7 heteroatoms. The van der Waals surface area contributed by atoms with Crippen molar-refractivity contribution >= 4 is 0 Å². The van der Waals surface area contributed by atoms with E-state index in [1.165, 1.54) is 0 Å². The first-order valence-corrected chi connectivity index (χ1v) is 10.8. The fourth-order valence-electron chi connectivity index (χ4n) is 4.54. The smallest absolute Gasteiger partial charge is 0.197 e. The van der Waals surface area contributed by atoms with Crippen molar-refractivity contribution in [2.75, 3.05) is 20.3 Å². The lowest BCUT2D eigenvalue weighted by atomic mass is 9.89. The number of ether oxygens (including phenoxy) is 7. The van der Waals surface area contributed by atoms with Crippen molar-refractivity contribution in [1.29, 1.82) is 0 Å². The maximum atomic E-state index is 6.75. The van der Waals surface area contributed by atoms with Gasteiger partial charge in [-0.2, -0.15) is 0 Å². The van der Waals surface area contributed by atoms with E-state index in [9.17, 15) is 0 Å². The second kappa shape index (κ2) is 8.04. The third kappa shape index (κ3) is 4.24. The van der Waals surface area contributed by atoms with E-state index in [4.69, 9.17) is 33.2 Å². The summed E-state index contributed by atoms with van der Waals surface area (Å²) in [5.74, 6) is -1.55. The minimum absolute atomic E-state index is 0.190. The van der Waals surface area contributed by atoms with Gasteiger partial charge in [-0.3, -0.25) is 0 Å². The SMILES string of the molecule is CCCO[C@@]1(c2ccc(OC)cc2)C[C@H]2OC(C)(C)O[C@H]2[C@@H]([C@H]2COC(C)(C)O2)O1. The Balaban J connectivity index is 1.70. The summed E-state index contributed by atoms with van der Waals surface area (Å²) in [4.78, 5) is 0. The first-order valence-electron chi connectivity index (χ1n) is 10.8. The van der Waals surface area contributed by atoms with Crippen LogP contribution in [-0.4, -0.2) is 56.3 Å². The molecule has 30 heavy (non-hydrogen) atoms. The van der Waals surface area contributed by atoms with Crippen LogP contribution in [0.5, 0.6) is 5.75 Å². The fraction of sp³-hybridized carbons (Fsp3) is 0.739. The van der Waals surface area contributed by atoms with E-state index in [0.29, 0.717) is 19.6 Å². The topological polar surface area (TPSA) is 64.6 Å². The molecule has 5 atom stereocenters. The van der Waals surface area contributed by atoms with E-state index in [-0.39, 0.29) is 18.3 Å². The molecule has 3 aliphatic heterocycles. The van der Waals surface area contributed by atoms with Gasteiger partial charge in [-0.15, -0.1) is 0 Å². The Bertz CT molecular complexity index is 732. The summed E-state index contributed by atoms with van der Waals surface area (Å²) in [6.45, 7) is 10.8. The van der Waals surface area contributed by atoms with Gasteiger partial charge in [0, 0.05) is 12.0 Å². The first kappa shape index (κ1) is 22.0. The number of methoxy groups -OCH3 is 1. The minimum atomic E-state index is -0.964. The number of hydrogen-bond acceptors (Lipinski definition) is 7. The van der Waals surface area contributed by atoms with Gasteiger partial charge in [0.25, 0.3) is 0 Å². The van der Waals surface area contributed by atoms with Crippen molar-refractivity contribution in [2.45, 2.75) is 89.2 Å². The Hall–Kier alpha value is -1.22. The molecule has 3 aliphatic rings. The van der Waals surface area contributed by atoms with Gasteiger partial charge in [0.1, 0.15) is 24.1 Å². The lowest BCUT2D eigenvalue weighted by Crippen LogP contribution is -2.57. The average Bonchev–Trinajstić information content (AvgIpc) is 3.22. The monoisotopic (exact) mass is 422 g/mol. The molecule has 0 unspecified atom stereocenters. The number of rotatable bonds is 6. The predicted octanol–water partition coefficient (Wildman–Crippen LogP) is 3.74. The van der Waals surface area contributed by atoms with Crippen LogP contribution < -0.4 is 4.74 Å². The molecule has 1 aromatic rings. The van der Waals surface area contributed by atoms with Gasteiger partial charge in [-0.1, -0.05) is 6.92 Å². The summed E-state index contributed by atoms with van der Waals surface area (Å²) in [5.41, 5.74) is 0.923. The van der Waals surface area contributed by atoms with Crippen LogP contribution in [0.1, 0.15) is 53.0 Å². The van der Waals surface area contributed by atoms with Crippen molar-refractivity contribution in [3.63, 3.8) is 0 Å². The quantitative estimate of drug-likeness (QED) is 0.692. The standard InChI is InChI=1S/C23H34O7/c1-7-12-25-23(15-8-10-16(24-6)11-9-15)13-17-19(29-22(4,5)27-17)20(30-23)18-14-26-21(2,3)28-18/h8-11,17-20H,7,12-14H2,1-6H3/t17-,18-,19-,20-,23+/m1/s1. The van der Waals surface area contributed by atoms with Gasteiger partial charge in [0.2, 0.25) is 0 Å². The van der Waals surface area contributed by atoms with E-state index in [1.54, 1.807) is 7.11 Å². The van der Waals surface area contributed by atoms with Gasteiger partial charge >= 0.3 is 0 Å². The molecule has 0 aliphatic carbocycles. The van der Waals surface area contributed by atoms with E-state index in [2.05, 4.69) is 6.92 Å². The molecule has 3 heterocycles. The summed E-state index contributed by atoms with van der Waals surface area (Å²) >= 11 is 0. The third-order valence-corrected chi connectivity index (χ3v) is 5.81. The number of benzene rings is 1. The van der Waals surface area contributed by atoms with Gasteiger partial charge in [-0.25, -0.2) is 0 Å². The molecule has 0 spiro atoms. The molecular formula is C23H34O7. The molecule has 3 saturated heterocycles. The highest BCUT2D eigenvalue weighted by Gasteiger charge is 2.59. The molecule has 0 N–H and O–H groups in total. The molecule has 168 valence electrons. The average molecular weight is 423 g/mol. The van der Waals surface area contributed by atoms with Crippen LogP contribution in [0, 0.1) is 0 Å². The second-order valence-electron chi connectivity index (χ2n) is 9.12. The Kier molecular flexibility index (Phi) is 5.89. The largest absolute Gasteiger partial charge is 0.497 e. The highest BCUT2D eigenvalue weighted by molar-refractivity contribution is 5.31. The Labute approximate surface area is 178 Å². The molecule has 4 rings (SSSR count). The molecule has 1 aromatic carbocycles. The maximum absolute atomic E-state index is 6.75. The van der Waals surface area contributed by atoms with E-state index in [1.807, 2.05) is 52.0 Å². The zero-order valence-corrected chi connectivity index (χ0v) is 18.8. The summed E-state index contributed by atoms with van der Waals surface area (Å²) in [7, 11) is 1.65. The summed E-state index contributed by atoms with van der Waals surface area (Å²) in [5, 5.41) is 0. The van der Waals surface area contributed by atoms with E-state index < -0.39 is 23.5 Å². The lowest BCUT2D eigenvalue weighted by Gasteiger charge is -2.46. The number of fused-ring (bicyclic) bond motifs is 1. The molecule has 0 aromatic heterocycles. The Morgan fingerprint density at radius 1 is 0.900 bits per heavy atom. The molecular weight excluding hydrogens is 388 g/mol. The zero-order chi connectivity index (χ0) is 21.6. The Morgan fingerprint density at radius 3 is 2.17 bits per heavy atom. The van der Waals surface area contributed by atoms with Crippen LogP contribution in [0.3, 0.4) is 0 Å². The molecule has 0 saturated carbocycles. The van der Waals surface area contributed by atoms with Crippen molar-refractivity contribution in [2.24, 2.45) is 0 Å². The van der Waals surface area contributed by atoms with Crippen LogP contribution in [0.4, 0.5) is 0 Å². The third-order valence-electron chi connectivity index (χ3n) is 5.81. The minimum Gasteiger partial charge on any atom is -0.497 e. The van der Waals surface area contributed by atoms with E-state index in [0.717, 1.165) is 17.7 Å². The van der Waals surface area contributed by atoms with Gasteiger partial charge in [0.15, 0.2) is 17.4 Å². The lowest BCUT2D eigenvalue weighted by molar-refractivity contribution is -0.330. The van der Waals surface area contributed by atoms with Crippen LogP contribution in [0.2, 0.25) is 0 Å². The molecule has 0 radical (unpaired) electrons. The zero-order valence-electron chi connectivity index (χ0n) is 18.8. The molecule has 0 amide bonds.